The van der Waals surface area contributed by atoms with E-state index in [1.54, 1.807) is 0 Å². The zero-order valence-electron chi connectivity index (χ0n) is 8.07. The van der Waals surface area contributed by atoms with Gasteiger partial charge in [0.1, 0.15) is 0 Å². The second-order valence-corrected chi connectivity index (χ2v) is 3.22. The average molecular weight is 214 g/mol. The third-order valence-electron chi connectivity index (χ3n) is 2.34. The number of nitrogens with one attached hydrogen (secondary N) is 1. The van der Waals surface area contributed by atoms with Gasteiger partial charge in [0.2, 0.25) is 0 Å². The van der Waals surface area contributed by atoms with Crippen molar-refractivity contribution in [2.24, 2.45) is 5.73 Å². The number of hydrogen-bond donors (Lipinski definition) is 2. The number of rotatable bonds is 2. The largest absolute Gasteiger partial charge is 0.382 e. The zero-order chi connectivity index (χ0) is 9.10. The first-order valence-corrected chi connectivity index (χ1v) is 4.70. The number of fused-ring (bicyclic) bond motifs is 1. The third-order valence-corrected chi connectivity index (χ3v) is 2.34. The molecule has 1 aliphatic heterocycles. The van der Waals surface area contributed by atoms with Gasteiger partial charge in [-0.05, 0) is 12.1 Å². The van der Waals surface area contributed by atoms with Gasteiger partial charge in [0.25, 0.3) is 0 Å². The van der Waals surface area contributed by atoms with Crippen molar-refractivity contribution >= 4 is 23.8 Å². The van der Waals surface area contributed by atoms with Crippen LogP contribution >= 0.6 is 12.4 Å². The van der Waals surface area contributed by atoms with Crippen LogP contribution in [0.3, 0.4) is 0 Å². The predicted octanol–water partition coefficient (Wildman–Crippen LogP) is 1.30. The number of para-hydroxylation sites is 2. The van der Waals surface area contributed by atoms with Crippen LogP contribution in [-0.2, 0) is 0 Å². The maximum atomic E-state index is 5.55. The summed E-state index contributed by atoms with van der Waals surface area (Å²) >= 11 is 0. The average Bonchev–Trinajstić information content (AvgIpc) is 2.19. The Balaban J connectivity index is 0.000000980. The van der Waals surface area contributed by atoms with E-state index in [0.29, 0.717) is 6.54 Å². The highest BCUT2D eigenvalue weighted by Crippen LogP contribution is 2.27. The first-order valence-electron chi connectivity index (χ1n) is 4.70. The summed E-state index contributed by atoms with van der Waals surface area (Å²) in [4.78, 5) is 2.33. The molecule has 1 aromatic rings. The quantitative estimate of drug-likeness (QED) is 0.778. The van der Waals surface area contributed by atoms with E-state index in [1.165, 1.54) is 11.4 Å². The minimum Gasteiger partial charge on any atom is -0.382 e. The van der Waals surface area contributed by atoms with E-state index in [2.05, 4.69) is 34.5 Å². The molecule has 0 saturated heterocycles. The molecule has 0 amide bonds. The van der Waals surface area contributed by atoms with E-state index in [4.69, 9.17) is 5.73 Å². The number of benzene rings is 1. The molecule has 78 valence electrons. The molecule has 0 aromatic heterocycles. The van der Waals surface area contributed by atoms with Crippen LogP contribution in [0, 0.1) is 0 Å². The highest BCUT2D eigenvalue weighted by atomic mass is 35.5. The Morgan fingerprint density at radius 1 is 1.36 bits per heavy atom. The van der Waals surface area contributed by atoms with Crippen molar-refractivity contribution in [3.63, 3.8) is 0 Å². The van der Waals surface area contributed by atoms with Crippen LogP contribution in [0.5, 0.6) is 0 Å². The molecular weight excluding hydrogens is 198 g/mol. The highest BCUT2D eigenvalue weighted by Gasteiger charge is 2.13. The molecular formula is C10H16ClN3. The van der Waals surface area contributed by atoms with Crippen LogP contribution in [0.15, 0.2) is 24.3 Å². The summed E-state index contributed by atoms with van der Waals surface area (Å²) in [5.41, 5.74) is 8.06. The summed E-state index contributed by atoms with van der Waals surface area (Å²) in [5.74, 6) is 0. The fourth-order valence-corrected chi connectivity index (χ4v) is 1.73. The van der Waals surface area contributed by atoms with Gasteiger partial charge >= 0.3 is 0 Å². The maximum absolute atomic E-state index is 5.55. The standard InChI is InChI=1S/C10H15N3.ClH/c11-5-7-13-8-6-12-9-3-1-2-4-10(9)13;/h1-4,12H,5-8,11H2;1H. The molecule has 0 aliphatic carbocycles. The van der Waals surface area contributed by atoms with Gasteiger partial charge in [0.15, 0.2) is 0 Å². The molecule has 3 N–H and O–H groups in total. The molecule has 0 bridgehead atoms. The fraction of sp³-hybridized carbons (Fsp3) is 0.400. The molecule has 0 atom stereocenters. The van der Waals surface area contributed by atoms with Gasteiger partial charge in [-0.2, -0.15) is 0 Å². The summed E-state index contributed by atoms with van der Waals surface area (Å²) in [6, 6.07) is 8.36. The Labute approximate surface area is 90.7 Å². The van der Waals surface area contributed by atoms with Crippen LogP contribution < -0.4 is 16.0 Å². The first-order chi connectivity index (χ1) is 6.42. The lowest BCUT2D eigenvalue weighted by atomic mass is 10.2. The van der Waals surface area contributed by atoms with Crippen LogP contribution in [-0.4, -0.2) is 26.2 Å². The van der Waals surface area contributed by atoms with Crippen LogP contribution in [0.25, 0.3) is 0 Å². The molecule has 1 heterocycles. The monoisotopic (exact) mass is 213 g/mol. The topological polar surface area (TPSA) is 41.3 Å². The van der Waals surface area contributed by atoms with E-state index in [1.807, 2.05) is 0 Å². The van der Waals surface area contributed by atoms with Gasteiger partial charge in [-0.25, -0.2) is 0 Å². The summed E-state index contributed by atoms with van der Waals surface area (Å²) in [6.07, 6.45) is 0. The summed E-state index contributed by atoms with van der Waals surface area (Å²) in [5, 5.41) is 3.37. The van der Waals surface area contributed by atoms with E-state index < -0.39 is 0 Å². The smallest absolute Gasteiger partial charge is 0.0603 e. The van der Waals surface area contributed by atoms with Gasteiger partial charge in [-0.3, -0.25) is 0 Å². The molecule has 3 nitrogen and oxygen atoms in total. The lowest BCUT2D eigenvalue weighted by Gasteiger charge is -2.31. The van der Waals surface area contributed by atoms with Crippen molar-refractivity contribution in [1.82, 2.24) is 0 Å². The van der Waals surface area contributed by atoms with Crippen molar-refractivity contribution < 1.29 is 0 Å². The second kappa shape index (κ2) is 5.08. The van der Waals surface area contributed by atoms with E-state index in [0.717, 1.165) is 19.6 Å². The Kier molecular flexibility index (Phi) is 4.04. The Bertz CT molecular complexity index is 290. The Morgan fingerprint density at radius 3 is 2.93 bits per heavy atom. The molecule has 4 heteroatoms. The molecule has 0 saturated carbocycles. The number of anilines is 2. The van der Waals surface area contributed by atoms with Crippen LogP contribution in [0.2, 0.25) is 0 Å². The number of halogens is 1. The lowest BCUT2D eigenvalue weighted by molar-refractivity contribution is 0.780. The minimum atomic E-state index is 0. The molecule has 0 unspecified atom stereocenters. The van der Waals surface area contributed by atoms with Crippen molar-refractivity contribution in [3.8, 4) is 0 Å². The maximum Gasteiger partial charge on any atom is 0.0603 e. The van der Waals surface area contributed by atoms with E-state index >= 15 is 0 Å². The van der Waals surface area contributed by atoms with Crippen molar-refractivity contribution in [1.29, 1.82) is 0 Å². The van der Waals surface area contributed by atoms with E-state index in [9.17, 15) is 0 Å². The highest BCUT2D eigenvalue weighted by molar-refractivity contribution is 5.85. The zero-order valence-corrected chi connectivity index (χ0v) is 8.89. The summed E-state index contributed by atoms with van der Waals surface area (Å²) in [7, 11) is 0. The fourth-order valence-electron chi connectivity index (χ4n) is 1.73. The summed E-state index contributed by atoms with van der Waals surface area (Å²) in [6.45, 7) is 3.72. The molecule has 14 heavy (non-hydrogen) atoms. The predicted molar refractivity (Wildman–Crippen MR) is 63.4 cm³/mol. The van der Waals surface area contributed by atoms with Crippen LogP contribution in [0.4, 0.5) is 11.4 Å². The van der Waals surface area contributed by atoms with Gasteiger partial charge in [0, 0.05) is 26.2 Å². The number of nitrogens with two attached hydrogens (primary N) is 1. The molecule has 1 aliphatic rings. The van der Waals surface area contributed by atoms with Crippen molar-refractivity contribution in [2.45, 2.75) is 0 Å². The Morgan fingerprint density at radius 2 is 2.14 bits per heavy atom. The molecule has 1 aromatic carbocycles. The molecule has 2 rings (SSSR count). The molecule has 0 fully saturated rings. The van der Waals surface area contributed by atoms with Gasteiger partial charge in [-0.1, -0.05) is 12.1 Å². The minimum absolute atomic E-state index is 0. The number of hydrogen-bond acceptors (Lipinski definition) is 3. The van der Waals surface area contributed by atoms with Crippen molar-refractivity contribution in [3.05, 3.63) is 24.3 Å². The SMILES string of the molecule is Cl.NCCN1CCNc2ccccc21. The normalized spacial score (nSPS) is 13.9. The number of nitrogens with zero attached hydrogens (tertiary/aromatic N) is 1. The van der Waals surface area contributed by atoms with Gasteiger partial charge in [-0.15, -0.1) is 12.4 Å². The van der Waals surface area contributed by atoms with E-state index in [-0.39, 0.29) is 12.4 Å². The molecule has 0 radical (unpaired) electrons. The van der Waals surface area contributed by atoms with Crippen molar-refractivity contribution in [2.75, 3.05) is 36.4 Å². The van der Waals surface area contributed by atoms with Gasteiger partial charge in [0.05, 0.1) is 11.4 Å². The second-order valence-electron chi connectivity index (χ2n) is 3.22. The van der Waals surface area contributed by atoms with Gasteiger partial charge < -0.3 is 16.0 Å². The van der Waals surface area contributed by atoms with Crippen LogP contribution in [0.1, 0.15) is 0 Å². The Hall–Kier alpha value is -0.930. The molecule has 0 spiro atoms. The first kappa shape index (κ1) is 11.1. The third kappa shape index (κ3) is 2.11. The summed E-state index contributed by atoms with van der Waals surface area (Å²) < 4.78 is 0. The lowest BCUT2D eigenvalue weighted by Crippen LogP contribution is -2.37.